The predicted octanol–water partition coefficient (Wildman–Crippen LogP) is 1.21. The van der Waals surface area contributed by atoms with E-state index in [-0.39, 0.29) is 6.54 Å². The monoisotopic (exact) mass is 280 g/mol. The summed E-state index contributed by atoms with van der Waals surface area (Å²) in [5, 5.41) is 6.28. The molecule has 19 heavy (non-hydrogen) atoms. The highest BCUT2D eigenvalue weighted by atomic mass is 32.2. The van der Waals surface area contributed by atoms with Gasteiger partial charge in [-0.1, -0.05) is 17.7 Å². The Morgan fingerprint density at radius 1 is 1.21 bits per heavy atom. The van der Waals surface area contributed by atoms with Gasteiger partial charge in [-0.25, -0.2) is 18.1 Å². The molecule has 2 N–H and O–H groups in total. The fourth-order valence-corrected chi connectivity index (χ4v) is 3.58. The van der Waals surface area contributed by atoms with Gasteiger partial charge in [0.05, 0.1) is 11.4 Å². The van der Waals surface area contributed by atoms with E-state index in [2.05, 4.69) is 19.9 Å². The van der Waals surface area contributed by atoms with E-state index in [0.717, 1.165) is 16.7 Å². The molecule has 1 aromatic carbocycles. The Hall–Kier alpha value is -1.73. The minimum atomic E-state index is -3.55. The van der Waals surface area contributed by atoms with E-state index in [1.807, 2.05) is 19.1 Å². The maximum Gasteiger partial charge on any atom is 0.241 e. The molecule has 6 nitrogen and oxygen atoms in total. The van der Waals surface area contributed by atoms with Gasteiger partial charge in [-0.2, -0.15) is 5.10 Å². The highest BCUT2D eigenvalue weighted by Gasteiger charge is 2.19. The summed E-state index contributed by atoms with van der Waals surface area (Å²) in [6.45, 7) is 5.62. The maximum absolute atomic E-state index is 12.3. The first-order chi connectivity index (χ1) is 8.90. The van der Waals surface area contributed by atoms with Crippen molar-refractivity contribution in [1.29, 1.82) is 0 Å². The van der Waals surface area contributed by atoms with Crippen molar-refractivity contribution in [3.63, 3.8) is 0 Å². The van der Waals surface area contributed by atoms with Gasteiger partial charge >= 0.3 is 0 Å². The first-order valence-electron chi connectivity index (χ1n) is 5.82. The van der Waals surface area contributed by atoms with Crippen LogP contribution in [-0.2, 0) is 16.6 Å². The summed E-state index contributed by atoms with van der Waals surface area (Å²) in [6.07, 6.45) is 1.34. The van der Waals surface area contributed by atoms with Gasteiger partial charge < -0.3 is 0 Å². The second-order valence-corrected chi connectivity index (χ2v) is 6.19. The minimum Gasteiger partial charge on any atom is -0.262 e. The Kier molecular flexibility index (Phi) is 3.68. The molecule has 0 saturated carbocycles. The Balaban J connectivity index is 2.29. The lowest BCUT2D eigenvalue weighted by molar-refractivity contribution is 0.578. The van der Waals surface area contributed by atoms with E-state index in [1.54, 1.807) is 13.8 Å². The lowest BCUT2D eigenvalue weighted by atomic mass is 10.1. The highest BCUT2D eigenvalue weighted by Crippen LogP contribution is 2.21. The van der Waals surface area contributed by atoms with Crippen LogP contribution in [0, 0.1) is 20.8 Å². The maximum atomic E-state index is 12.3. The number of aryl methyl sites for hydroxylation is 3. The SMILES string of the molecule is Cc1cc(C)c(S(=O)(=O)NCc2ncn[nH]2)c(C)c1. The van der Waals surface area contributed by atoms with E-state index in [1.165, 1.54) is 6.33 Å². The number of nitrogens with zero attached hydrogens (tertiary/aromatic N) is 2. The second-order valence-electron chi connectivity index (χ2n) is 4.48. The van der Waals surface area contributed by atoms with Crippen LogP contribution < -0.4 is 4.72 Å². The van der Waals surface area contributed by atoms with Gasteiger partial charge in [0, 0.05) is 0 Å². The van der Waals surface area contributed by atoms with Crippen molar-refractivity contribution in [1.82, 2.24) is 19.9 Å². The molecule has 0 aliphatic heterocycles. The summed E-state index contributed by atoms with van der Waals surface area (Å²) in [7, 11) is -3.55. The quantitative estimate of drug-likeness (QED) is 0.881. The smallest absolute Gasteiger partial charge is 0.241 e. The molecule has 0 atom stereocenters. The zero-order chi connectivity index (χ0) is 14.0. The Labute approximate surface area is 112 Å². The molecule has 0 radical (unpaired) electrons. The molecular weight excluding hydrogens is 264 g/mol. The first kappa shape index (κ1) is 13.7. The van der Waals surface area contributed by atoms with E-state index in [9.17, 15) is 8.42 Å². The molecule has 0 fully saturated rings. The molecule has 0 aliphatic rings. The normalized spacial score (nSPS) is 11.7. The number of hydrogen-bond acceptors (Lipinski definition) is 4. The Morgan fingerprint density at radius 2 is 1.84 bits per heavy atom. The van der Waals surface area contributed by atoms with Crippen LogP contribution in [0.5, 0.6) is 0 Å². The molecule has 0 spiro atoms. The molecule has 0 amide bonds. The number of benzene rings is 1. The van der Waals surface area contributed by atoms with E-state index in [0.29, 0.717) is 10.7 Å². The molecular formula is C12H16N4O2S. The third-order valence-electron chi connectivity index (χ3n) is 2.77. The molecule has 2 aromatic rings. The van der Waals surface area contributed by atoms with Crippen molar-refractivity contribution in [3.05, 3.63) is 41.0 Å². The van der Waals surface area contributed by atoms with Crippen LogP contribution in [0.2, 0.25) is 0 Å². The summed E-state index contributed by atoms with van der Waals surface area (Å²) in [6, 6.07) is 3.71. The van der Waals surface area contributed by atoms with Gasteiger partial charge in [0.1, 0.15) is 12.2 Å². The standard InChI is InChI=1S/C12H16N4O2S/c1-8-4-9(2)12(10(3)5-8)19(17,18)15-6-11-13-7-14-16-11/h4-5,7,15H,6H2,1-3H3,(H,13,14,16). The molecule has 0 saturated heterocycles. The molecule has 0 aliphatic carbocycles. The number of rotatable bonds is 4. The fraction of sp³-hybridized carbons (Fsp3) is 0.333. The van der Waals surface area contributed by atoms with Gasteiger partial charge in [0.2, 0.25) is 10.0 Å². The van der Waals surface area contributed by atoms with Crippen LogP contribution in [0.15, 0.2) is 23.4 Å². The minimum absolute atomic E-state index is 0.0924. The molecule has 2 rings (SSSR count). The van der Waals surface area contributed by atoms with Crippen LogP contribution in [-0.4, -0.2) is 23.6 Å². The number of nitrogens with one attached hydrogen (secondary N) is 2. The largest absolute Gasteiger partial charge is 0.262 e. The number of aromatic amines is 1. The summed E-state index contributed by atoms with van der Waals surface area (Å²) >= 11 is 0. The molecule has 1 aromatic heterocycles. The molecule has 1 heterocycles. The molecule has 0 bridgehead atoms. The highest BCUT2D eigenvalue weighted by molar-refractivity contribution is 7.89. The van der Waals surface area contributed by atoms with Crippen LogP contribution in [0.3, 0.4) is 0 Å². The first-order valence-corrected chi connectivity index (χ1v) is 7.30. The van der Waals surface area contributed by atoms with Gasteiger partial charge in [-0.3, -0.25) is 5.10 Å². The van der Waals surface area contributed by atoms with Crippen molar-refractivity contribution < 1.29 is 8.42 Å². The molecule has 0 unspecified atom stereocenters. The van der Waals surface area contributed by atoms with E-state index < -0.39 is 10.0 Å². The lowest BCUT2D eigenvalue weighted by Gasteiger charge is -2.12. The number of hydrogen-bond donors (Lipinski definition) is 2. The predicted molar refractivity (Wildman–Crippen MR) is 71.1 cm³/mol. The van der Waals surface area contributed by atoms with Crippen molar-refractivity contribution in [2.45, 2.75) is 32.2 Å². The fourth-order valence-electron chi connectivity index (χ4n) is 2.14. The van der Waals surface area contributed by atoms with Crippen molar-refractivity contribution in [2.24, 2.45) is 0 Å². The number of aromatic nitrogens is 3. The average Bonchev–Trinajstić information content (AvgIpc) is 2.77. The molecule has 102 valence electrons. The lowest BCUT2D eigenvalue weighted by Crippen LogP contribution is -2.25. The third kappa shape index (κ3) is 2.99. The Morgan fingerprint density at radius 3 is 2.37 bits per heavy atom. The van der Waals surface area contributed by atoms with Crippen LogP contribution in [0.1, 0.15) is 22.5 Å². The van der Waals surface area contributed by atoms with Gasteiger partial charge in [-0.05, 0) is 31.9 Å². The van der Waals surface area contributed by atoms with Crippen LogP contribution in [0.25, 0.3) is 0 Å². The summed E-state index contributed by atoms with van der Waals surface area (Å²) in [5.41, 5.74) is 2.52. The Bertz CT molecular complexity index is 655. The molecule has 7 heteroatoms. The van der Waals surface area contributed by atoms with Crippen molar-refractivity contribution >= 4 is 10.0 Å². The van der Waals surface area contributed by atoms with Gasteiger partial charge in [-0.15, -0.1) is 0 Å². The van der Waals surface area contributed by atoms with E-state index in [4.69, 9.17) is 0 Å². The van der Waals surface area contributed by atoms with E-state index >= 15 is 0 Å². The summed E-state index contributed by atoms with van der Waals surface area (Å²) in [5.74, 6) is 0.478. The van der Waals surface area contributed by atoms with Gasteiger partial charge in [0.25, 0.3) is 0 Å². The number of sulfonamides is 1. The average molecular weight is 280 g/mol. The topological polar surface area (TPSA) is 87.7 Å². The number of H-pyrrole nitrogens is 1. The van der Waals surface area contributed by atoms with Gasteiger partial charge in [0.15, 0.2) is 0 Å². The summed E-state index contributed by atoms with van der Waals surface area (Å²) < 4.78 is 27.1. The van der Waals surface area contributed by atoms with Crippen LogP contribution >= 0.6 is 0 Å². The van der Waals surface area contributed by atoms with Crippen molar-refractivity contribution in [3.8, 4) is 0 Å². The zero-order valence-electron chi connectivity index (χ0n) is 11.1. The second kappa shape index (κ2) is 5.10. The van der Waals surface area contributed by atoms with Crippen molar-refractivity contribution in [2.75, 3.05) is 0 Å². The third-order valence-corrected chi connectivity index (χ3v) is 4.47. The van der Waals surface area contributed by atoms with Crippen LogP contribution in [0.4, 0.5) is 0 Å². The zero-order valence-corrected chi connectivity index (χ0v) is 11.9. The summed E-state index contributed by atoms with van der Waals surface area (Å²) in [4.78, 5) is 4.21.